The molecule has 0 spiro atoms. The van der Waals surface area contributed by atoms with Crippen molar-refractivity contribution in [3.05, 3.63) is 70.8 Å². The molecule has 9 nitrogen and oxygen atoms in total. The van der Waals surface area contributed by atoms with Gasteiger partial charge in [0.15, 0.2) is 11.5 Å². The largest absolute Gasteiger partial charge is 0.493 e. The Hall–Kier alpha value is -3.88. The maximum absolute atomic E-state index is 12.7. The van der Waals surface area contributed by atoms with E-state index in [4.69, 9.17) is 9.47 Å². The number of amides is 1. The van der Waals surface area contributed by atoms with Crippen LogP contribution in [0, 0.1) is 10.1 Å². The Bertz CT molecular complexity index is 984. The molecule has 2 aromatic carbocycles. The van der Waals surface area contributed by atoms with Crippen LogP contribution in [0.4, 0.5) is 11.4 Å². The summed E-state index contributed by atoms with van der Waals surface area (Å²) in [5.74, 6) is -0.170. The second kappa shape index (κ2) is 8.21. The van der Waals surface area contributed by atoms with Gasteiger partial charge in [0.1, 0.15) is 5.56 Å². The monoisotopic (exact) mass is 382 g/mol. The fraction of sp³-hybridized carbons (Fsp3) is 0.158. The van der Waals surface area contributed by atoms with Crippen molar-refractivity contribution >= 4 is 17.3 Å². The lowest BCUT2D eigenvalue weighted by atomic mass is 10.1. The van der Waals surface area contributed by atoms with Crippen molar-refractivity contribution in [1.82, 2.24) is 9.55 Å². The number of rotatable bonds is 7. The Kier molecular flexibility index (Phi) is 5.54. The number of methoxy groups -OCH3 is 1. The van der Waals surface area contributed by atoms with Crippen LogP contribution in [0.15, 0.2) is 55.1 Å². The molecule has 0 fully saturated rings. The minimum Gasteiger partial charge on any atom is -0.493 e. The SMILES string of the molecule is CCOc1cc(C(=O)Nc2ccc(-n3ccnc3)cc2)c([N+](=O)[O-])cc1OC. The van der Waals surface area contributed by atoms with Crippen molar-refractivity contribution in [2.45, 2.75) is 6.92 Å². The van der Waals surface area contributed by atoms with Crippen LogP contribution >= 0.6 is 0 Å². The summed E-state index contributed by atoms with van der Waals surface area (Å²) >= 11 is 0. The number of nitrogens with zero attached hydrogens (tertiary/aromatic N) is 3. The van der Waals surface area contributed by atoms with Gasteiger partial charge in [-0.15, -0.1) is 0 Å². The van der Waals surface area contributed by atoms with Gasteiger partial charge in [-0.1, -0.05) is 0 Å². The molecule has 9 heteroatoms. The smallest absolute Gasteiger partial charge is 0.286 e. The summed E-state index contributed by atoms with van der Waals surface area (Å²) in [4.78, 5) is 27.4. The van der Waals surface area contributed by atoms with Crippen LogP contribution in [-0.2, 0) is 0 Å². The molecule has 1 aromatic heterocycles. The number of aromatic nitrogens is 2. The number of nitro benzene ring substituents is 1. The maximum Gasteiger partial charge on any atom is 0.286 e. The van der Waals surface area contributed by atoms with Crippen LogP contribution in [-0.4, -0.2) is 34.1 Å². The van der Waals surface area contributed by atoms with Crippen LogP contribution in [0.3, 0.4) is 0 Å². The van der Waals surface area contributed by atoms with Crippen molar-refractivity contribution in [2.24, 2.45) is 0 Å². The van der Waals surface area contributed by atoms with Gasteiger partial charge >= 0.3 is 0 Å². The molecule has 144 valence electrons. The third-order valence-electron chi connectivity index (χ3n) is 3.95. The molecular formula is C19H18N4O5. The van der Waals surface area contributed by atoms with Crippen molar-refractivity contribution in [3.8, 4) is 17.2 Å². The Morgan fingerprint density at radius 3 is 2.57 bits per heavy atom. The Labute approximate surface area is 160 Å². The molecule has 1 amide bonds. The van der Waals surface area contributed by atoms with Crippen LogP contribution < -0.4 is 14.8 Å². The van der Waals surface area contributed by atoms with E-state index >= 15 is 0 Å². The molecule has 1 heterocycles. The second-order valence-electron chi connectivity index (χ2n) is 5.68. The number of carbonyl (C=O) groups is 1. The number of carbonyl (C=O) groups excluding carboxylic acids is 1. The molecular weight excluding hydrogens is 364 g/mol. The molecule has 0 aliphatic heterocycles. The maximum atomic E-state index is 12.7. The first kappa shape index (κ1) is 18.9. The topological polar surface area (TPSA) is 109 Å². The van der Waals surface area contributed by atoms with Gasteiger partial charge in [-0.2, -0.15) is 0 Å². The lowest BCUT2D eigenvalue weighted by molar-refractivity contribution is -0.385. The third-order valence-corrected chi connectivity index (χ3v) is 3.95. The minimum atomic E-state index is -0.630. The van der Waals surface area contributed by atoms with E-state index in [0.29, 0.717) is 12.3 Å². The van der Waals surface area contributed by atoms with Gasteiger partial charge in [-0.3, -0.25) is 14.9 Å². The Morgan fingerprint density at radius 2 is 2.00 bits per heavy atom. The summed E-state index contributed by atoms with van der Waals surface area (Å²) in [6.45, 7) is 2.09. The third kappa shape index (κ3) is 3.93. The quantitative estimate of drug-likeness (QED) is 0.495. The predicted molar refractivity (Wildman–Crippen MR) is 102 cm³/mol. The van der Waals surface area contributed by atoms with Crippen LogP contribution in [0.5, 0.6) is 11.5 Å². The first-order valence-corrected chi connectivity index (χ1v) is 8.42. The highest BCUT2D eigenvalue weighted by molar-refractivity contribution is 6.07. The van der Waals surface area contributed by atoms with Gasteiger partial charge in [-0.25, -0.2) is 4.98 Å². The number of hydrogen-bond acceptors (Lipinski definition) is 6. The first-order chi connectivity index (χ1) is 13.5. The molecule has 0 saturated heterocycles. The van der Waals surface area contributed by atoms with Gasteiger partial charge in [0, 0.05) is 29.8 Å². The average molecular weight is 382 g/mol. The van der Waals surface area contributed by atoms with Crippen LogP contribution in [0.2, 0.25) is 0 Å². The molecule has 0 bridgehead atoms. The summed E-state index contributed by atoms with van der Waals surface area (Å²) in [5.41, 5.74) is 0.877. The molecule has 3 aromatic rings. The predicted octanol–water partition coefficient (Wildman–Crippen LogP) is 3.44. The van der Waals surface area contributed by atoms with E-state index in [1.165, 1.54) is 19.2 Å². The molecule has 0 radical (unpaired) electrons. The summed E-state index contributed by atoms with van der Waals surface area (Å²) in [5, 5.41) is 14.1. The summed E-state index contributed by atoms with van der Waals surface area (Å²) < 4.78 is 12.4. The van der Waals surface area contributed by atoms with E-state index in [9.17, 15) is 14.9 Å². The van der Waals surface area contributed by atoms with Crippen LogP contribution in [0.1, 0.15) is 17.3 Å². The summed E-state index contributed by atoms with van der Waals surface area (Å²) in [6, 6.07) is 9.49. The number of hydrogen-bond donors (Lipinski definition) is 1. The highest BCUT2D eigenvalue weighted by atomic mass is 16.6. The number of anilines is 1. The van der Waals surface area contributed by atoms with E-state index < -0.39 is 10.8 Å². The fourth-order valence-electron chi connectivity index (χ4n) is 2.64. The van der Waals surface area contributed by atoms with Gasteiger partial charge < -0.3 is 19.4 Å². The Balaban J connectivity index is 1.88. The highest BCUT2D eigenvalue weighted by Gasteiger charge is 2.24. The van der Waals surface area contributed by atoms with Gasteiger partial charge in [-0.05, 0) is 31.2 Å². The standard InChI is InChI=1S/C19H18N4O5/c1-3-28-18-10-15(16(23(25)26)11-17(18)27-2)19(24)21-13-4-6-14(7-5-13)22-9-8-20-12-22/h4-12H,3H2,1-2H3,(H,21,24). The molecule has 3 rings (SSSR count). The van der Waals surface area contributed by atoms with Gasteiger partial charge in [0.2, 0.25) is 0 Å². The van der Waals surface area contributed by atoms with Crippen molar-refractivity contribution in [3.63, 3.8) is 0 Å². The molecule has 0 unspecified atom stereocenters. The first-order valence-electron chi connectivity index (χ1n) is 8.42. The molecule has 0 aliphatic carbocycles. The average Bonchev–Trinajstić information content (AvgIpc) is 3.23. The molecule has 0 aliphatic rings. The van der Waals surface area contributed by atoms with E-state index in [1.807, 2.05) is 4.57 Å². The summed E-state index contributed by atoms with van der Waals surface area (Å²) in [6.07, 6.45) is 5.11. The van der Waals surface area contributed by atoms with Crippen molar-refractivity contribution < 1.29 is 19.2 Å². The van der Waals surface area contributed by atoms with E-state index in [0.717, 1.165) is 5.69 Å². The molecule has 1 N–H and O–H groups in total. The van der Waals surface area contributed by atoms with E-state index in [-0.39, 0.29) is 22.7 Å². The number of ether oxygens (including phenoxy) is 2. The van der Waals surface area contributed by atoms with E-state index in [1.54, 1.807) is 49.9 Å². The second-order valence-corrected chi connectivity index (χ2v) is 5.68. The highest BCUT2D eigenvalue weighted by Crippen LogP contribution is 2.35. The van der Waals surface area contributed by atoms with Gasteiger partial charge in [0.05, 0.1) is 31.0 Å². The number of benzene rings is 2. The molecule has 0 saturated carbocycles. The van der Waals surface area contributed by atoms with Crippen molar-refractivity contribution in [1.29, 1.82) is 0 Å². The van der Waals surface area contributed by atoms with E-state index in [2.05, 4.69) is 10.3 Å². The number of imidazole rings is 1. The lowest BCUT2D eigenvalue weighted by Crippen LogP contribution is -2.14. The number of nitrogens with one attached hydrogen (secondary N) is 1. The fourth-order valence-corrected chi connectivity index (χ4v) is 2.64. The Morgan fingerprint density at radius 1 is 1.25 bits per heavy atom. The minimum absolute atomic E-state index is 0.118. The summed E-state index contributed by atoms with van der Waals surface area (Å²) in [7, 11) is 1.38. The lowest BCUT2D eigenvalue weighted by Gasteiger charge is -2.12. The number of nitro groups is 1. The normalized spacial score (nSPS) is 10.4. The van der Waals surface area contributed by atoms with Gasteiger partial charge in [0.25, 0.3) is 11.6 Å². The van der Waals surface area contributed by atoms with Crippen molar-refractivity contribution in [2.75, 3.05) is 19.0 Å². The molecule has 28 heavy (non-hydrogen) atoms. The zero-order valence-electron chi connectivity index (χ0n) is 15.3. The molecule has 0 atom stereocenters. The van der Waals surface area contributed by atoms with Crippen LogP contribution in [0.25, 0.3) is 5.69 Å². The zero-order valence-corrected chi connectivity index (χ0v) is 15.3. The zero-order chi connectivity index (χ0) is 20.1.